The van der Waals surface area contributed by atoms with Gasteiger partial charge in [-0.15, -0.1) is 0 Å². The summed E-state index contributed by atoms with van der Waals surface area (Å²) in [6.45, 7) is 8.23. The van der Waals surface area contributed by atoms with E-state index >= 15 is 0 Å². The molecule has 0 amide bonds. The van der Waals surface area contributed by atoms with Crippen molar-refractivity contribution in [1.82, 2.24) is 10.2 Å². The van der Waals surface area contributed by atoms with Gasteiger partial charge in [0.1, 0.15) is 5.54 Å². The number of nitrogens with one attached hydrogen (secondary N) is 1. The van der Waals surface area contributed by atoms with Crippen LogP contribution in [0.15, 0.2) is 0 Å². The van der Waals surface area contributed by atoms with Crippen LogP contribution in [0.4, 0.5) is 0 Å². The maximum atomic E-state index is 12.3. The Morgan fingerprint density at radius 1 is 1.32 bits per heavy atom. The van der Waals surface area contributed by atoms with Crippen molar-refractivity contribution in [1.29, 1.82) is 0 Å². The molecule has 2 rings (SSSR count). The minimum atomic E-state index is -0.468. The molecule has 1 aliphatic heterocycles. The first kappa shape index (κ1) is 14.8. The molecular formula is C15H28N2O2. The minimum Gasteiger partial charge on any atom is -0.468 e. The first-order chi connectivity index (χ1) is 9.12. The lowest BCUT2D eigenvalue weighted by Crippen LogP contribution is -2.61. The van der Waals surface area contributed by atoms with Crippen molar-refractivity contribution in [3.05, 3.63) is 0 Å². The molecule has 1 saturated carbocycles. The van der Waals surface area contributed by atoms with Crippen LogP contribution in [0.1, 0.15) is 39.5 Å². The Labute approximate surface area is 116 Å². The summed E-state index contributed by atoms with van der Waals surface area (Å²) in [5.74, 6) is 1.21. The van der Waals surface area contributed by atoms with Gasteiger partial charge in [-0.1, -0.05) is 13.8 Å². The largest absolute Gasteiger partial charge is 0.468 e. The summed E-state index contributed by atoms with van der Waals surface area (Å²) in [5, 5.41) is 3.45. The highest BCUT2D eigenvalue weighted by Crippen LogP contribution is 2.41. The number of esters is 1. The van der Waals surface area contributed by atoms with E-state index in [2.05, 4.69) is 24.1 Å². The summed E-state index contributed by atoms with van der Waals surface area (Å²) >= 11 is 0. The van der Waals surface area contributed by atoms with E-state index in [0.717, 1.165) is 44.9 Å². The van der Waals surface area contributed by atoms with Crippen LogP contribution in [0.5, 0.6) is 0 Å². The predicted molar refractivity (Wildman–Crippen MR) is 76.0 cm³/mol. The van der Waals surface area contributed by atoms with Crippen molar-refractivity contribution < 1.29 is 9.53 Å². The number of hydrogen-bond acceptors (Lipinski definition) is 4. The third-order valence-corrected chi connectivity index (χ3v) is 4.67. The molecule has 110 valence electrons. The van der Waals surface area contributed by atoms with Crippen molar-refractivity contribution >= 4 is 5.97 Å². The normalized spacial score (nSPS) is 25.0. The minimum absolute atomic E-state index is 0.0736. The Balaban J connectivity index is 2.06. The lowest BCUT2D eigenvalue weighted by Gasteiger charge is -2.39. The SMILES string of the molecule is CCNC(CN1CCC(C)CC1)(C(=O)OC)C1CC1. The summed E-state index contributed by atoms with van der Waals surface area (Å²) in [5.41, 5.74) is -0.468. The van der Waals surface area contributed by atoms with Crippen LogP contribution >= 0.6 is 0 Å². The molecule has 1 saturated heterocycles. The van der Waals surface area contributed by atoms with Gasteiger partial charge >= 0.3 is 5.97 Å². The van der Waals surface area contributed by atoms with Crippen LogP contribution in [0.25, 0.3) is 0 Å². The molecule has 4 nitrogen and oxygen atoms in total. The van der Waals surface area contributed by atoms with E-state index in [1.54, 1.807) is 0 Å². The molecule has 19 heavy (non-hydrogen) atoms. The van der Waals surface area contributed by atoms with E-state index in [1.165, 1.54) is 20.0 Å². The fraction of sp³-hybridized carbons (Fsp3) is 0.933. The van der Waals surface area contributed by atoms with E-state index in [0.29, 0.717) is 5.92 Å². The van der Waals surface area contributed by atoms with E-state index in [1.807, 2.05) is 0 Å². The Hall–Kier alpha value is -0.610. The van der Waals surface area contributed by atoms with Crippen LogP contribution in [-0.4, -0.2) is 49.7 Å². The average Bonchev–Trinajstić information content (AvgIpc) is 3.24. The molecule has 1 atom stereocenters. The van der Waals surface area contributed by atoms with E-state index in [4.69, 9.17) is 4.74 Å². The standard InChI is InChI=1S/C15H28N2O2/c1-4-16-15(13-5-6-13,14(18)19-3)11-17-9-7-12(2)8-10-17/h12-13,16H,4-11H2,1-3H3. The van der Waals surface area contributed by atoms with Gasteiger partial charge in [-0.3, -0.25) is 0 Å². The fourth-order valence-electron chi connectivity index (χ4n) is 3.28. The molecule has 0 aromatic rings. The number of likely N-dealkylation sites (tertiary alicyclic amines) is 1. The van der Waals surface area contributed by atoms with Crippen molar-refractivity contribution in [2.45, 2.75) is 45.1 Å². The van der Waals surface area contributed by atoms with Gasteiger partial charge in [-0.2, -0.15) is 0 Å². The molecule has 4 heteroatoms. The summed E-state index contributed by atoms with van der Waals surface area (Å²) in [7, 11) is 1.51. The number of likely N-dealkylation sites (N-methyl/N-ethyl adjacent to an activating group) is 1. The maximum Gasteiger partial charge on any atom is 0.327 e. The number of nitrogens with zero attached hydrogens (tertiary/aromatic N) is 1. The number of piperidine rings is 1. The van der Waals surface area contributed by atoms with Crippen molar-refractivity contribution in [3.63, 3.8) is 0 Å². The monoisotopic (exact) mass is 268 g/mol. The molecule has 1 N–H and O–H groups in total. The third kappa shape index (κ3) is 3.29. The summed E-state index contributed by atoms with van der Waals surface area (Å²) < 4.78 is 5.10. The van der Waals surface area contributed by atoms with Gasteiger partial charge in [0.05, 0.1) is 7.11 Å². The van der Waals surface area contributed by atoms with Gasteiger partial charge in [0, 0.05) is 6.54 Å². The summed E-state index contributed by atoms with van der Waals surface area (Å²) in [6, 6.07) is 0. The molecular weight excluding hydrogens is 240 g/mol. The Morgan fingerprint density at radius 3 is 2.42 bits per heavy atom. The number of carbonyl (C=O) groups excluding carboxylic acids is 1. The van der Waals surface area contributed by atoms with Gasteiger partial charge in [0.25, 0.3) is 0 Å². The fourth-order valence-corrected chi connectivity index (χ4v) is 3.28. The molecule has 1 unspecified atom stereocenters. The number of carbonyl (C=O) groups is 1. The number of ether oxygens (including phenoxy) is 1. The third-order valence-electron chi connectivity index (χ3n) is 4.67. The first-order valence-electron chi connectivity index (χ1n) is 7.68. The van der Waals surface area contributed by atoms with Crippen molar-refractivity contribution in [3.8, 4) is 0 Å². The van der Waals surface area contributed by atoms with E-state index in [9.17, 15) is 4.79 Å². The second-order valence-corrected chi connectivity index (χ2v) is 6.23. The van der Waals surface area contributed by atoms with Crippen molar-refractivity contribution in [2.75, 3.05) is 33.3 Å². The van der Waals surface area contributed by atoms with E-state index < -0.39 is 5.54 Å². The molecule has 0 aromatic carbocycles. The van der Waals surface area contributed by atoms with Gasteiger partial charge in [0.2, 0.25) is 0 Å². The summed E-state index contributed by atoms with van der Waals surface area (Å²) in [6.07, 6.45) is 4.78. The molecule has 0 radical (unpaired) electrons. The highest BCUT2D eigenvalue weighted by atomic mass is 16.5. The Kier molecular flexibility index (Phi) is 4.85. The molecule has 0 bridgehead atoms. The molecule has 1 heterocycles. The smallest absolute Gasteiger partial charge is 0.327 e. The second-order valence-electron chi connectivity index (χ2n) is 6.23. The number of rotatable bonds is 6. The number of methoxy groups -OCH3 is 1. The molecule has 2 fully saturated rings. The highest BCUT2D eigenvalue weighted by Gasteiger charge is 2.52. The van der Waals surface area contributed by atoms with Crippen LogP contribution in [0.3, 0.4) is 0 Å². The quantitative estimate of drug-likeness (QED) is 0.744. The zero-order chi connectivity index (χ0) is 13.9. The Bertz CT molecular complexity index is 309. The highest BCUT2D eigenvalue weighted by molar-refractivity contribution is 5.82. The molecule has 1 aliphatic carbocycles. The Morgan fingerprint density at radius 2 is 1.95 bits per heavy atom. The molecule has 0 aromatic heterocycles. The summed E-state index contributed by atoms with van der Waals surface area (Å²) in [4.78, 5) is 14.8. The van der Waals surface area contributed by atoms with Gasteiger partial charge < -0.3 is 15.0 Å². The lowest BCUT2D eigenvalue weighted by molar-refractivity contribution is -0.151. The van der Waals surface area contributed by atoms with Crippen LogP contribution in [0, 0.1) is 11.8 Å². The van der Waals surface area contributed by atoms with E-state index in [-0.39, 0.29) is 5.97 Å². The number of hydrogen-bond donors (Lipinski definition) is 1. The second kappa shape index (κ2) is 6.23. The average molecular weight is 268 g/mol. The maximum absolute atomic E-state index is 12.3. The van der Waals surface area contributed by atoms with Crippen LogP contribution < -0.4 is 5.32 Å². The lowest BCUT2D eigenvalue weighted by atomic mass is 9.90. The van der Waals surface area contributed by atoms with Gasteiger partial charge in [-0.05, 0) is 57.2 Å². The first-order valence-corrected chi connectivity index (χ1v) is 7.68. The molecule has 2 aliphatic rings. The zero-order valence-electron chi connectivity index (χ0n) is 12.6. The van der Waals surface area contributed by atoms with Crippen LogP contribution in [-0.2, 0) is 9.53 Å². The predicted octanol–water partition coefficient (Wildman–Crippen LogP) is 1.65. The van der Waals surface area contributed by atoms with Crippen molar-refractivity contribution in [2.24, 2.45) is 11.8 Å². The van der Waals surface area contributed by atoms with Gasteiger partial charge in [-0.25, -0.2) is 4.79 Å². The topological polar surface area (TPSA) is 41.6 Å². The van der Waals surface area contributed by atoms with Gasteiger partial charge in [0.15, 0.2) is 0 Å². The zero-order valence-corrected chi connectivity index (χ0v) is 12.6. The molecule has 0 spiro atoms. The van der Waals surface area contributed by atoms with Crippen LogP contribution in [0.2, 0.25) is 0 Å².